The van der Waals surface area contributed by atoms with Gasteiger partial charge in [0, 0.05) is 13.7 Å². The van der Waals surface area contributed by atoms with Crippen molar-refractivity contribution in [1.29, 1.82) is 0 Å². The molecule has 2 rings (SSSR count). The Morgan fingerprint density at radius 2 is 1.75 bits per heavy atom. The fourth-order valence-corrected chi connectivity index (χ4v) is 2.17. The highest BCUT2D eigenvalue weighted by molar-refractivity contribution is 14.1. The minimum atomic E-state index is -0.557. The average molecular weight is 446 g/mol. The first-order chi connectivity index (χ1) is 9.54. The van der Waals surface area contributed by atoms with Crippen molar-refractivity contribution in [2.24, 2.45) is 0 Å². The molecule has 0 bridgehead atoms. The number of halogens is 2. The highest BCUT2D eigenvalue weighted by atomic mass is 127. The van der Waals surface area contributed by atoms with Crippen LogP contribution in [0.5, 0.6) is 5.75 Å². The first kappa shape index (κ1) is 15.3. The Bertz CT molecular complexity index is 584. The van der Waals surface area contributed by atoms with Gasteiger partial charge in [-0.15, -0.1) is 0 Å². The molecule has 0 saturated heterocycles. The predicted octanol–water partition coefficient (Wildman–Crippen LogP) is 4.46. The second kappa shape index (κ2) is 7.08. The van der Waals surface area contributed by atoms with Gasteiger partial charge in [-0.1, -0.05) is 15.9 Å². The van der Waals surface area contributed by atoms with Crippen molar-refractivity contribution in [1.82, 2.24) is 0 Å². The van der Waals surface area contributed by atoms with Gasteiger partial charge in [-0.05, 0) is 78.0 Å². The standard InChI is InChI=1S/C15H13BrINO2/c1-10(20-14-8-4-12(17)5-9-14)15(19)18-13-6-2-11(16)3-7-13/h2-10H,1H3,(H,18,19). The van der Waals surface area contributed by atoms with E-state index >= 15 is 0 Å². The second-order valence-electron chi connectivity index (χ2n) is 4.21. The van der Waals surface area contributed by atoms with E-state index < -0.39 is 6.10 Å². The molecule has 1 unspecified atom stereocenters. The summed E-state index contributed by atoms with van der Waals surface area (Å²) in [6, 6.07) is 15.0. The van der Waals surface area contributed by atoms with Crippen molar-refractivity contribution >= 4 is 50.1 Å². The molecule has 0 radical (unpaired) electrons. The maximum atomic E-state index is 12.0. The van der Waals surface area contributed by atoms with Crippen LogP contribution < -0.4 is 10.1 Å². The molecule has 0 fully saturated rings. The molecule has 1 amide bonds. The minimum Gasteiger partial charge on any atom is -0.481 e. The Morgan fingerprint density at radius 1 is 1.15 bits per heavy atom. The van der Waals surface area contributed by atoms with Crippen LogP contribution in [0, 0.1) is 3.57 Å². The number of carbonyl (C=O) groups is 1. The van der Waals surface area contributed by atoms with E-state index in [1.54, 1.807) is 6.92 Å². The molecule has 2 aromatic rings. The smallest absolute Gasteiger partial charge is 0.265 e. The third-order valence-corrected chi connectivity index (χ3v) is 3.86. The summed E-state index contributed by atoms with van der Waals surface area (Å²) in [4.78, 5) is 12.0. The number of hydrogen-bond acceptors (Lipinski definition) is 2. The zero-order valence-corrected chi connectivity index (χ0v) is 14.5. The molecule has 0 aromatic heterocycles. The largest absolute Gasteiger partial charge is 0.481 e. The van der Waals surface area contributed by atoms with E-state index in [0.29, 0.717) is 5.75 Å². The van der Waals surface area contributed by atoms with Gasteiger partial charge in [0.15, 0.2) is 6.10 Å². The number of anilines is 1. The fraction of sp³-hybridized carbons (Fsp3) is 0.133. The van der Waals surface area contributed by atoms with Crippen LogP contribution in [0.2, 0.25) is 0 Å². The van der Waals surface area contributed by atoms with Crippen LogP contribution in [0.1, 0.15) is 6.92 Å². The number of carbonyl (C=O) groups excluding carboxylic acids is 1. The van der Waals surface area contributed by atoms with Crippen molar-refractivity contribution in [3.8, 4) is 5.75 Å². The molecule has 0 aliphatic carbocycles. The van der Waals surface area contributed by atoms with Gasteiger partial charge in [0.2, 0.25) is 0 Å². The van der Waals surface area contributed by atoms with Crippen LogP contribution in [0.15, 0.2) is 53.0 Å². The molecular weight excluding hydrogens is 433 g/mol. The van der Waals surface area contributed by atoms with Crippen LogP contribution in [0.3, 0.4) is 0 Å². The molecule has 104 valence electrons. The van der Waals surface area contributed by atoms with E-state index in [1.807, 2.05) is 48.5 Å². The lowest BCUT2D eigenvalue weighted by Crippen LogP contribution is -2.30. The predicted molar refractivity (Wildman–Crippen MR) is 92.0 cm³/mol. The first-order valence-electron chi connectivity index (χ1n) is 6.03. The fourth-order valence-electron chi connectivity index (χ4n) is 1.55. The summed E-state index contributed by atoms with van der Waals surface area (Å²) in [7, 11) is 0. The SMILES string of the molecule is CC(Oc1ccc(I)cc1)C(=O)Nc1ccc(Br)cc1. The van der Waals surface area contributed by atoms with E-state index in [1.165, 1.54) is 0 Å². The molecule has 0 aliphatic heterocycles. The third kappa shape index (κ3) is 4.49. The van der Waals surface area contributed by atoms with Crippen molar-refractivity contribution in [3.63, 3.8) is 0 Å². The van der Waals surface area contributed by atoms with Gasteiger partial charge in [-0.3, -0.25) is 4.79 Å². The Hall–Kier alpha value is -1.08. The van der Waals surface area contributed by atoms with E-state index in [0.717, 1.165) is 13.7 Å². The molecule has 2 aromatic carbocycles. The second-order valence-corrected chi connectivity index (χ2v) is 6.37. The lowest BCUT2D eigenvalue weighted by Gasteiger charge is -2.14. The highest BCUT2D eigenvalue weighted by Gasteiger charge is 2.14. The van der Waals surface area contributed by atoms with E-state index in [-0.39, 0.29) is 5.91 Å². The molecule has 5 heteroatoms. The first-order valence-corrected chi connectivity index (χ1v) is 7.90. The third-order valence-electron chi connectivity index (χ3n) is 2.61. The van der Waals surface area contributed by atoms with Crippen LogP contribution in [0.25, 0.3) is 0 Å². The summed E-state index contributed by atoms with van der Waals surface area (Å²) in [6.45, 7) is 1.73. The normalized spacial score (nSPS) is 11.8. The van der Waals surface area contributed by atoms with Gasteiger partial charge in [-0.2, -0.15) is 0 Å². The molecule has 1 atom stereocenters. The molecule has 1 N–H and O–H groups in total. The van der Waals surface area contributed by atoms with Crippen molar-refractivity contribution in [3.05, 3.63) is 56.6 Å². The van der Waals surface area contributed by atoms with Crippen LogP contribution in [-0.2, 0) is 4.79 Å². The number of ether oxygens (including phenoxy) is 1. The number of nitrogens with one attached hydrogen (secondary N) is 1. The maximum absolute atomic E-state index is 12.0. The molecule has 0 aliphatic rings. The summed E-state index contributed by atoms with van der Waals surface area (Å²) in [5.74, 6) is 0.509. The molecule has 20 heavy (non-hydrogen) atoms. The summed E-state index contributed by atoms with van der Waals surface area (Å²) < 4.78 is 7.70. The average Bonchev–Trinajstić information content (AvgIpc) is 2.44. The highest BCUT2D eigenvalue weighted by Crippen LogP contribution is 2.17. The number of hydrogen-bond donors (Lipinski definition) is 1. The van der Waals surface area contributed by atoms with Gasteiger partial charge in [0.25, 0.3) is 5.91 Å². The Morgan fingerprint density at radius 3 is 2.35 bits per heavy atom. The molecule has 0 heterocycles. The number of rotatable bonds is 4. The Balaban J connectivity index is 1.94. The minimum absolute atomic E-state index is 0.175. The Kier molecular flexibility index (Phi) is 5.42. The lowest BCUT2D eigenvalue weighted by molar-refractivity contribution is -0.122. The lowest BCUT2D eigenvalue weighted by atomic mass is 10.3. The summed E-state index contributed by atoms with van der Waals surface area (Å²) in [5, 5.41) is 2.81. The zero-order valence-electron chi connectivity index (χ0n) is 10.8. The zero-order chi connectivity index (χ0) is 14.5. The Labute approximate surface area is 140 Å². The van der Waals surface area contributed by atoms with E-state index in [4.69, 9.17) is 4.74 Å². The molecule has 0 spiro atoms. The van der Waals surface area contributed by atoms with Gasteiger partial charge in [-0.25, -0.2) is 0 Å². The topological polar surface area (TPSA) is 38.3 Å². The van der Waals surface area contributed by atoms with E-state index in [2.05, 4.69) is 43.8 Å². The number of benzene rings is 2. The maximum Gasteiger partial charge on any atom is 0.265 e. The van der Waals surface area contributed by atoms with Gasteiger partial charge in [0.1, 0.15) is 5.75 Å². The van der Waals surface area contributed by atoms with Crippen LogP contribution >= 0.6 is 38.5 Å². The van der Waals surface area contributed by atoms with Crippen molar-refractivity contribution in [2.45, 2.75) is 13.0 Å². The summed E-state index contributed by atoms with van der Waals surface area (Å²) >= 11 is 5.58. The van der Waals surface area contributed by atoms with Crippen molar-refractivity contribution in [2.75, 3.05) is 5.32 Å². The molecular formula is C15H13BrINO2. The molecule has 0 saturated carbocycles. The van der Waals surface area contributed by atoms with E-state index in [9.17, 15) is 4.79 Å². The van der Waals surface area contributed by atoms with Gasteiger partial charge >= 0.3 is 0 Å². The van der Waals surface area contributed by atoms with Crippen LogP contribution in [0.4, 0.5) is 5.69 Å². The summed E-state index contributed by atoms with van der Waals surface area (Å²) in [6.07, 6.45) is -0.557. The van der Waals surface area contributed by atoms with Crippen molar-refractivity contribution < 1.29 is 9.53 Å². The van der Waals surface area contributed by atoms with Crippen LogP contribution in [-0.4, -0.2) is 12.0 Å². The monoisotopic (exact) mass is 445 g/mol. The van der Waals surface area contributed by atoms with Gasteiger partial charge in [0.05, 0.1) is 0 Å². The summed E-state index contributed by atoms with van der Waals surface area (Å²) in [5.41, 5.74) is 0.747. The van der Waals surface area contributed by atoms with Gasteiger partial charge < -0.3 is 10.1 Å². The molecule has 3 nitrogen and oxygen atoms in total. The quantitative estimate of drug-likeness (QED) is 0.705. The number of amides is 1.